The number of allylic oxidation sites excluding steroid dienone is 8. The van der Waals surface area contributed by atoms with Crippen LogP contribution in [0.4, 0.5) is 0 Å². The molecule has 0 aromatic rings. The molecule has 316 valence electrons. The van der Waals surface area contributed by atoms with E-state index in [9.17, 15) is 9.59 Å². The minimum absolute atomic E-state index is 0. The number of hydrogen-bond acceptors (Lipinski definition) is 6. The molecule has 1 heterocycles. The van der Waals surface area contributed by atoms with Crippen LogP contribution in [0.2, 0.25) is 0 Å². The molecule has 0 bridgehead atoms. The predicted molar refractivity (Wildman–Crippen MR) is 231 cm³/mol. The van der Waals surface area contributed by atoms with Gasteiger partial charge in [0, 0.05) is 6.10 Å². The number of carbonyl (C=O) groups excluding carboxylic acids is 2. The van der Waals surface area contributed by atoms with E-state index in [1.807, 2.05) is 0 Å². The largest absolute Gasteiger partial charge is 2.00 e. The zero-order valence-corrected chi connectivity index (χ0v) is 40.4. The molecule has 0 aromatic heterocycles. The molecule has 6 nitrogen and oxygen atoms in total. The summed E-state index contributed by atoms with van der Waals surface area (Å²) in [6.07, 6.45) is 49.9. The maximum atomic E-state index is 12.4. The number of hydrogen-bond donors (Lipinski definition) is 0. The zero-order chi connectivity index (χ0) is 39.6. The van der Waals surface area contributed by atoms with Gasteiger partial charge in [0.05, 0.1) is 6.61 Å². The summed E-state index contributed by atoms with van der Waals surface area (Å²) in [5, 5.41) is 0. The fourth-order valence-electron chi connectivity index (χ4n) is 6.09. The summed E-state index contributed by atoms with van der Waals surface area (Å²) in [5.41, 5.74) is 0. The minimum Gasteiger partial charge on any atom is -0.539 e. The van der Waals surface area contributed by atoms with E-state index >= 15 is 0 Å². The SMILES string of the molecule is CCCCC/C=C\C/C=C\CCCCCCCCOC(=O)C1OC(CCCCN(C)CC)OC1[C-]=O.[CH2-]CCCCCCC/C=C\C/C=C\CCCCC.[U+2]. The third-order valence-electron chi connectivity index (χ3n) is 9.78. The first-order valence-electron chi connectivity index (χ1n) is 22.5. The smallest absolute Gasteiger partial charge is 0.539 e. The minimum atomic E-state index is -0.990. The Labute approximate surface area is 364 Å². The van der Waals surface area contributed by atoms with Gasteiger partial charge in [0.25, 0.3) is 0 Å². The molecule has 1 fully saturated rings. The van der Waals surface area contributed by atoms with Gasteiger partial charge in [-0.05, 0) is 110 Å². The second-order valence-electron chi connectivity index (χ2n) is 14.9. The monoisotopic (exact) mass is 994 g/mol. The maximum Gasteiger partial charge on any atom is 2.00 e. The van der Waals surface area contributed by atoms with Gasteiger partial charge >= 0.3 is 37.1 Å². The van der Waals surface area contributed by atoms with Gasteiger partial charge in [0.2, 0.25) is 0 Å². The number of unbranched alkanes of at least 4 members (excludes halogenated alkanes) is 19. The van der Waals surface area contributed by atoms with Gasteiger partial charge in [-0.2, -0.15) is 6.42 Å². The van der Waals surface area contributed by atoms with Crippen LogP contribution in [0.1, 0.15) is 194 Å². The number of rotatable bonds is 36. The average Bonchev–Trinajstić information content (AvgIpc) is 3.61. The normalized spacial score (nSPS) is 17.1. The van der Waals surface area contributed by atoms with Crippen LogP contribution >= 0.6 is 0 Å². The standard InChI is InChI=1S/C30H52NO5.C18H33.U/c1-4-6-7-8-9-10-11-12-13-14-15-16-17-18-19-22-25-34-30(33)29-27(26-32)35-28(36-29)23-20-21-24-31(3)5-2;1-3-5-7-9-11-13-15-17-18-16-14-12-10-8-6-4-2;/h9-10,12-13,27-29H,4-8,11,14-25H2,1-3H3;12,14,17-18H,1,3-11,13,15-16H2,2H3;/q2*-1;+2/b10-9-,13-12-;14-12-,18-17-;. The van der Waals surface area contributed by atoms with E-state index in [0.717, 1.165) is 70.9 Å². The summed E-state index contributed by atoms with van der Waals surface area (Å²) in [7, 11) is 2.08. The molecule has 0 amide bonds. The first-order chi connectivity index (χ1) is 26.5. The van der Waals surface area contributed by atoms with E-state index in [2.05, 4.69) is 88.3 Å². The van der Waals surface area contributed by atoms with E-state index in [-0.39, 0.29) is 31.1 Å². The van der Waals surface area contributed by atoms with Crippen LogP contribution in [0.5, 0.6) is 0 Å². The summed E-state index contributed by atoms with van der Waals surface area (Å²) in [4.78, 5) is 25.8. The van der Waals surface area contributed by atoms with Crippen LogP contribution in [0.3, 0.4) is 0 Å². The van der Waals surface area contributed by atoms with Gasteiger partial charge in [-0.3, -0.25) is 0 Å². The molecule has 0 saturated carbocycles. The third kappa shape index (κ3) is 38.3. The topological polar surface area (TPSA) is 65.1 Å². The Balaban J connectivity index is 0. The van der Waals surface area contributed by atoms with Crippen molar-refractivity contribution in [1.82, 2.24) is 4.90 Å². The van der Waals surface area contributed by atoms with Crippen molar-refractivity contribution < 1.29 is 54.9 Å². The van der Waals surface area contributed by atoms with Crippen molar-refractivity contribution in [1.29, 1.82) is 0 Å². The van der Waals surface area contributed by atoms with Gasteiger partial charge in [-0.1, -0.05) is 146 Å². The fraction of sp³-hybridized carbons (Fsp3) is 0.771. The molecule has 55 heavy (non-hydrogen) atoms. The predicted octanol–water partition coefficient (Wildman–Crippen LogP) is 13.3. The van der Waals surface area contributed by atoms with E-state index in [1.54, 1.807) is 6.29 Å². The molecule has 0 aromatic carbocycles. The van der Waals surface area contributed by atoms with Gasteiger partial charge in [-0.25, -0.2) is 11.1 Å². The molecular weight excluding hydrogens is 909 g/mol. The number of nitrogens with zero attached hydrogens (tertiary/aromatic N) is 1. The summed E-state index contributed by atoms with van der Waals surface area (Å²) in [6.45, 7) is 12.9. The molecule has 0 radical (unpaired) electrons. The maximum absolute atomic E-state index is 12.4. The molecule has 3 unspecified atom stereocenters. The third-order valence-corrected chi connectivity index (χ3v) is 9.78. The van der Waals surface area contributed by atoms with Crippen LogP contribution in [-0.4, -0.2) is 62.4 Å². The Hall–Kier alpha value is -0.968. The molecule has 1 saturated heterocycles. The molecular formula is C48H85NO5U. The Morgan fingerprint density at radius 2 is 1.11 bits per heavy atom. The van der Waals surface area contributed by atoms with Gasteiger partial charge in [0.1, 0.15) is 0 Å². The summed E-state index contributed by atoms with van der Waals surface area (Å²) < 4.78 is 16.6. The Bertz CT molecular complexity index is 935. The van der Waals surface area contributed by atoms with Crippen molar-refractivity contribution in [2.45, 2.75) is 213 Å². The Kier molecular flexibility index (Phi) is 46.7. The van der Waals surface area contributed by atoms with Crippen LogP contribution < -0.4 is 0 Å². The van der Waals surface area contributed by atoms with Gasteiger partial charge in [0.15, 0.2) is 12.4 Å². The number of carbonyl (C=O) groups is 1. The molecule has 1 rings (SSSR count). The molecule has 1 aliphatic rings. The summed E-state index contributed by atoms with van der Waals surface area (Å²) in [5.74, 6) is -0.515. The van der Waals surface area contributed by atoms with Crippen molar-refractivity contribution in [3.05, 3.63) is 55.5 Å². The van der Waals surface area contributed by atoms with E-state index in [4.69, 9.17) is 14.2 Å². The van der Waals surface area contributed by atoms with Crippen LogP contribution in [0.25, 0.3) is 0 Å². The second-order valence-corrected chi connectivity index (χ2v) is 14.9. The van der Waals surface area contributed by atoms with Crippen molar-refractivity contribution in [2.75, 3.05) is 26.7 Å². The molecule has 0 aliphatic carbocycles. The van der Waals surface area contributed by atoms with Gasteiger partial charge in [-0.15, -0.1) is 0 Å². The molecule has 0 spiro atoms. The molecule has 3 atom stereocenters. The molecule has 1 aliphatic heterocycles. The van der Waals surface area contributed by atoms with E-state index in [0.29, 0.717) is 13.0 Å². The second kappa shape index (κ2) is 45.7. The van der Waals surface area contributed by atoms with Crippen molar-refractivity contribution in [2.24, 2.45) is 0 Å². The number of ether oxygens (including phenoxy) is 3. The quantitative estimate of drug-likeness (QED) is 0.0270. The first-order valence-corrected chi connectivity index (χ1v) is 22.5. The van der Waals surface area contributed by atoms with Crippen LogP contribution in [0.15, 0.2) is 48.6 Å². The summed E-state index contributed by atoms with van der Waals surface area (Å²) in [6, 6.07) is 0. The Morgan fingerprint density at radius 1 is 0.636 bits per heavy atom. The van der Waals surface area contributed by atoms with Crippen LogP contribution in [0, 0.1) is 38.0 Å². The molecule has 7 heteroatoms. The first kappa shape index (κ1) is 56.1. The summed E-state index contributed by atoms with van der Waals surface area (Å²) >= 11 is 0. The van der Waals surface area contributed by atoms with Crippen molar-refractivity contribution in [3.8, 4) is 0 Å². The Morgan fingerprint density at radius 3 is 1.58 bits per heavy atom. The van der Waals surface area contributed by atoms with E-state index < -0.39 is 24.5 Å². The average molecular weight is 994 g/mol. The fourth-order valence-corrected chi connectivity index (χ4v) is 6.09. The molecule has 0 N–H and O–H groups in total. The van der Waals surface area contributed by atoms with Gasteiger partial charge < -0.3 is 30.8 Å². The zero-order valence-electron chi connectivity index (χ0n) is 36.3. The van der Waals surface area contributed by atoms with E-state index in [1.165, 1.54) is 109 Å². The van der Waals surface area contributed by atoms with Crippen molar-refractivity contribution in [3.63, 3.8) is 0 Å². The number of esters is 1. The van der Waals surface area contributed by atoms with Crippen molar-refractivity contribution >= 4 is 12.3 Å². The van der Waals surface area contributed by atoms with Crippen LogP contribution in [-0.2, 0) is 23.8 Å².